The SMILES string of the molecule is COC(=N)c1ccc(B(O)O)c(NCc2cnc(Cl)s2)c1. The summed E-state index contributed by atoms with van der Waals surface area (Å²) in [6.45, 7) is 0.438. The van der Waals surface area contributed by atoms with E-state index in [2.05, 4.69) is 10.3 Å². The van der Waals surface area contributed by atoms with Crippen LogP contribution in [-0.4, -0.2) is 35.2 Å². The molecule has 21 heavy (non-hydrogen) atoms. The van der Waals surface area contributed by atoms with Crippen molar-refractivity contribution in [2.24, 2.45) is 0 Å². The van der Waals surface area contributed by atoms with E-state index in [1.54, 1.807) is 18.3 Å². The summed E-state index contributed by atoms with van der Waals surface area (Å²) in [6.07, 6.45) is 1.65. The fourth-order valence-electron chi connectivity index (χ4n) is 1.74. The van der Waals surface area contributed by atoms with Crippen molar-refractivity contribution in [2.75, 3.05) is 12.4 Å². The molecule has 0 aliphatic heterocycles. The van der Waals surface area contributed by atoms with E-state index >= 15 is 0 Å². The molecule has 6 nitrogen and oxygen atoms in total. The summed E-state index contributed by atoms with van der Waals surface area (Å²) in [5.41, 5.74) is 1.36. The predicted molar refractivity (Wildman–Crippen MR) is 84.6 cm³/mol. The van der Waals surface area contributed by atoms with Crippen LogP contribution in [0.3, 0.4) is 0 Å². The molecule has 0 saturated carbocycles. The van der Waals surface area contributed by atoms with E-state index in [1.165, 1.54) is 24.5 Å². The number of ether oxygens (including phenoxy) is 1. The van der Waals surface area contributed by atoms with Gasteiger partial charge in [0, 0.05) is 27.8 Å². The molecule has 0 aliphatic carbocycles. The molecule has 0 spiro atoms. The summed E-state index contributed by atoms with van der Waals surface area (Å²) in [6, 6.07) is 4.76. The Kier molecular flexibility index (Phi) is 5.19. The lowest BCUT2D eigenvalue weighted by molar-refractivity contribution is 0.401. The number of rotatable bonds is 5. The summed E-state index contributed by atoms with van der Waals surface area (Å²) in [5.74, 6) is -0.00198. The minimum Gasteiger partial charge on any atom is -0.481 e. The molecule has 1 aromatic heterocycles. The zero-order valence-electron chi connectivity index (χ0n) is 11.1. The van der Waals surface area contributed by atoms with Crippen molar-refractivity contribution in [1.29, 1.82) is 5.41 Å². The number of benzene rings is 1. The van der Waals surface area contributed by atoms with Gasteiger partial charge in [-0.1, -0.05) is 17.7 Å². The third-order valence-corrected chi connectivity index (χ3v) is 3.89. The minimum absolute atomic E-state index is 0.00198. The zero-order chi connectivity index (χ0) is 15.4. The number of hydrogen-bond donors (Lipinski definition) is 4. The van der Waals surface area contributed by atoms with Crippen LogP contribution in [0.1, 0.15) is 10.4 Å². The van der Waals surface area contributed by atoms with Crippen molar-refractivity contribution in [3.05, 3.63) is 39.3 Å². The van der Waals surface area contributed by atoms with Crippen molar-refractivity contribution in [1.82, 2.24) is 4.98 Å². The maximum absolute atomic E-state index is 9.39. The van der Waals surface area contributed by atoms with Gasteiger partial charge >= 0.3 is 7.12 Å². The molecule has 2 rings (SSSR count). The molecule has 9 heteroatoms. The molecule has 1 aromatic carbocycles. The zero-order valence-corrected chi connectivity index (χ0v) is 12.7. The van der Waals surface area contributed by atoms with Gasteiger partial charge in [-0.2, -0.15) is 0 Å². The van der Waals surface area contributed by atoms with E-state index < -0.39 is 7.12 Å². The smallest absolute Gasteiger partial charge is 0.481 e. The molecule has 0 bridgehead atoms. The first-order valence-corrected chi connectivity index (χ1v) is 7.17. The Morgan fingerprint density at radius 1 is 1.52 bits per heavy atom. The molecule has 2 aromatic rings. The first-order valence-electron chi connectivity index (χ1n) is 5.98. The number of halogens is 1. The summed E-state index contributed by atoms with van der Waals surface area (Å²) in [4.78, 5) is 4.84. The third-order valence-electron chi connectivity index (χ3n) is 2.78. The molecule has 1 heterocycles. The molecule has 110 valence electrons. The number of nitrogens with one attached hydrogen (secondary N) is 2. The Bertz CT molecular complexity index is 650. The third kappa shape index (κ3) is 3.95. The van der Waals surface area contributed by atoms with Crippen molar-refractivity contribution in [3.63, 3.8) is 0 Å². The maximum atomic E-state index is 9.39. The highest BCUT2D eigenvalue weighted by atomic mass is 35.5. The monoisotopic (exact) mass is 325 g/mol. The number of nitrogens with zero attached hydrogens (tertiary/aromatic N) is 1. The van der Waals surface area contributed by atoms with Gasteiger partial charge < -0.3 is 20.1 Å². The lowest BCUT2D eigenvalue weighted by atomic mass is 9.78. The fraction of sp³-hybridized carbons (Fsp3) is 0.167. The van der Waals surface area contributed by atoms with Crippen LogP contribution in [0.15, 0.2) is 24.4 Å². The quantitative estimate of drug-likeness (QED) is 0.374. The Morgan fingerprint density at radius 3 is 2.86 bits per heavy atom. The van der Waals surface area contributed by atoms with Crippen LogP contribution in [0.25, 0.3) is 0 Å². The van der Waals surface area contributed by atoms with Crippen molar-refractivity contribution in [2.45, 2.75) is 6.54 Å². The lowest BCUT2D eigenvalue weighted by Gasteiger charge is -2.13. The molecular formula is C12H13BClN3O3S. The number of methoxy groups -OCH3 is 1. The van der Waals surface area contributed by atoms with Gasteiger partial charge in [-0.05, 0) is 12.1 Å². The van der Waals surface area contributed by atoms with Crippen molar-refractivity contribution >= 4 is 47.1 Å². The Morgan fingerprint density at radius 2 is 2.29 bits per heavy atom. The van der Waals surface area contributed by atoms with Crippen LogP contribution in [0.4, 0.5) is 5.69 Å². The van der Waals surface area contributed by atoms with E-state index in [0.717, 1.165) is 4.88 Å². The Hall–Kier alpha value is -1.61. The van der Waals surface area contributed by atoms with E-state index in [-0.39, 0.29) is 5.90 Å². The van der Waals surface area contributed by atoms with Gasteiger partial charge in [0.2, 0.25) is 5.90 Å². The van der Waals surface area contributed by atoms with Gasteiger partial charge in [-0.25, -0.2) is 4.98 Å². The maximum Gasteiger partial charge on any atom is 0.490 e. The summed E-state index contributed by atoms with van der Waals surface area (Å²) < 4.78 is 5.31. The summed E-state index contributed by atoms with van der Waals surface area (Å²) >= 11 is 7.10. The van der Waals surface area contributed by atoms with Crippen LogP contribution < -0.4 is 10.8 Å². The largest absolute Gasteiger partial charge is 0.490 e. The molecule has 0 fully saturated rings. The number of aromatic nitrogens is 1. The number of anilines is 1. The molecule has 4 N–H and O–H groups in total. The molecule has 0 saturated heterocycles. The topological polar surface area (TPSA) is 98.5 Å². The van der Waals surface area contributed by atoms with E-state index in [0.29, 0.717) is 27.7 Å². The normalized spacial score (nSPS) is 10.3. The fourth-order valence-corrected chi connectivity index (χ4v) is 2.66. The van der Waals surface area contributed by atoms with Crippen molar-refractivity contribution < 1.29 is 14.8 Å². The first-order chi connectivity index (χ1) is 10.0. The molecule has 0 aliphatic rings. The highest BCUT2D eigenvalue weighted by molar-refractivity contribution is 7.15. The first kappa shape index (κ1) is 15.8. The van der Waals surface area contributed by atoms with Crippen LogP contribution in [0.5, 0.6) is 0 Å². The van der Waals surface area contributed by atoms with Crippen LogP contribution in [0, 0.1) is 5.41 Å². The van der Waals surface area contributed by atoms with Crippen LogP contribution in [0.2, 0.25) is 4.47 Å². The second kappa shape index (κ2) is 6.90. The van der Waals surface area contributed by atoms with Crippen LogP contribution >= 0.6 is 22.9 Å². The molecule has 0 unspecified atom stereocenters. The van der Waals surface area contributed by atoms with E-state index in [4.69, 9.17) is 21.7 Å². The molecule has 0 amide bonds. The second-order valence-electron chi connectivity index (χ2n) is 4.14. The van der Waals surface area contributed by atoms with Crippen molar-refractivity contribution in [3.8, 4) is 0 Å². The van der Waals surface area contributed by atoms with Gasteiger partial charge in [-0.3, -0.25) is 5.41 Å². The van der Waals surface area contributed by atoms with Crippen LogP contribution in [-0.2, 0) is 11.3 Å². The Balaban J connectivity index is 2.23. The van der Waals surface area contributed by atoms with E-state index in [1.807, 2.05) is 0 Å². The average molecular weight is 326 g/mol. The van der Waals surface area contributed by atoms with Gasteiger partial charge in [0.15, 0.2) is 4.47 Å². The minimum atomic E-state index is -1.61. The number of hydrogen-bond acceptors (Lipinski definition) is 7. The average Bonchev–Trinajstić information content (AvgIpc) is 2.89. The van der Waals surface area contributed by atoms with Gasteiger partial charge in [-0.15, -0.1) is 11.3 Å². The molecule has 0 atom stereocenters. The highest BCUT2D eigenvalue weighted by Crippen LogP contribution is 2.19. The Labute approximate surface area is 131 Å². The second-order valence-corrected chi connectivity index (χ2v) is 5.84. The standard InChI is InChI=1S/C12H13BClN3O3S/c1-20-11(15)7-2-3-9(13(18)19)10(4-7)16-5-8-6-17-12(14)21-8/h2-4,6,15-16,18-19H,5H2,1H3. The van der Waals surface area contributed by atoms with Gasteiger partial charge in [0.05, 0.1) is 13.7 Å². The summed E-state index contributed by atoms with van der Waals surface area (Å²) in [5, 5.41) is 29.5. The molecule has 0 radical (unpaired) electrons. The number of thiazole rings is 1. The van der Waals surface area contributed by atoms with Gasteiger partial charge in [0.1, 0.15) is 0 Å². The van der Waals surface area contributed by atoms with E-state index in [9.17, 15) is 10.0 Å². The summed E-state index contributed by atoms with van der Waals surface area (Å²) in [7, 11) is -0.202. The highest BCUT2D eigenvalue weighted by Gasteiger charge is 2.17. The predicted octanol–water partition coefficient (Wildman–Crippen LogP) is 1.06. The lowest BCUT2D eigenvalue weighted by Crippen LogP contribution is -2.32. The van der Waals surface area contributed by atoms with Gasteiger partial charge in [0.25, 0.3) is 0 Å². The molecular weight excluding hydrogens is 312 g/mol.